The molecule has 0 radical (unpaired) electrons. The van der Waals surface area contributed by atoms with Gasteiger partial charge in [-0.05, 0) is 19.9 Å². The Kier molecular flexibility index (Phi) is 10.6. The van der Waals surface area contributed by atoms with Gasteiger partial charge in [0.15, 0.2) is 0 Å². The lowest BCUT2D eigenvalue weighted by Crippen LogP contribution is -2.42. The summed E-state index contributed by atoms with van der Waals surface area (Å²) >= 11 is 0.840. The molecule has 0 bridgehead atoms. The number of rotatable bonds is 8. The zero-order chi connectivity index (χ0) is 16.1. The number of amides is 1. The van der Waals surface area contributed by atoms with E-state index in [-0.39, 0.29) is 10.9 Å². The Labute approximate surface area is 128 Å². The number of thioether (sulfide) groups is 1. The highest BCUT2D eigenvalue weighted by Gasteiger charge is 2.19. The van der Waals surface area contributed by atoms with Gasteiger partial charge >= 0.3 is 5.97 Å². The van der Waals surface area contributed by atoms with Crippen molar-refractivity contribution in [1.29, 1.82) is 0 Å². The summed E-state index contributed by atoms with van der Waals surface area (Å²) in [6, 6.07) is -1.11. The van der Waals surface area contributed by atoms with Crippen molar-refractivity contribution in [1.82, 2.24) is 5.32 Å². The molecule has 0 aromatic carbocycles. The molecule has 5 nitrogen and oxygen atoms in total. The van der Waals surface area contributed by atoms with Crippen molar-refractivity contribution < 1.29 is 19.5 Å². The Hall–Kier alpha value is -2.08. The minimum atomic E-state index is -1.18. The van der Waals surface area contributed by atoms with Crippen LogP contribution in [0.2, 0.25) is 0 Å². The van der Waals surface area contributed by atoms with E-state index in [0.717, 1.165) is 11.8 Å². The molecule has 2 N–H and O–H groups in total. The summed E-state index contributed by atoms with van der Waals surface area (Å²) in [5, 5.41) is 11.1. The molecule has 0 aliphatic carbocycles. The van der Waals surface area contributed by atoms with Crippen molar-refractivity contribution in [2.75, 3.05) is 5.75 Å². The van der Waals surface area contributed by atoms with E-state index in [1.54, 1.807) is 37.3 Å². The molecule has 0 saturated carbocycles. The second-order valence-electron chi connectivity index (χ2n) is 3.80. The zero-order valence-corrected chi connectivity index (χ0v) is 12.8. The summed E-state index contributed by atoms with van der Waals surface area (Å²) in [6.07, 6.45) is 12.5. The van der Waals surface area contributed by atoms with Gasteiger partial charge in [-0.3, -0.25) is 9.59 Å². The molecule has 114 valence electrons. The highest BCUT2D eigenvalue weighted by Crippen LogP contribution is 2.06. The first-order valence-corrected chi connectivity index (χ1v) is 7.28. The van der Waals surface area contributed by atoms with Crippen LogP contribution < -0.4 is 5.32 Å². The van der Waals surface area contributed by atoms with Gasteiger partial charge in [0.1, 0.15) is 6.04 Å². The van der Waals surface area contributed by atoms with Gasteiger partial charge in [-0.25, -0.2) is 4.79 Å². The van der Waals surface area contributed by atoms with Crippen LogP contribution in [-0.4, -0.2) is 33.9 Å². The van der Waals surface area contributed by atoms with E-state index in [1.165, 1.54) is 18.2 Å². The fraction of sp³-hybridized carbons (Fsp3) is 0.267. The summed E-state index contributed by atoms with van der Waals surface area (Å²) in [5.41, 5.74) is 0. The Morgan fingerprint density at radius 2 is 1.62 bits per heavy atom. The number of hydrogen-bond donors (Lipinski definition) is 2. The molecule has 1 atom stereocenters. The molecule has 1 amide bonds. The molecule has 0 heterocycles. The highest BCUT2D eigenvalue weighted by molar-refractivity contribution is 8.14. The van der Waals surface area contributed by atoms with Crippen molar-refractivity contribution in [3.8, 4) is 0 Å². The van der Waals surface area contributed by atoms with Crippen LogP contribution in [0.25, 0.3) is 0 Å². The third kappa shape index (κ3) is 10.4. The number of carbonyl (C=O) groups excluding carboxylic acids is 2. The van der Waals surface area contributed by atoms with Crippen LogP contribution in [0.4, 0.5) is 0 Å². The summed E-state index contributed by atoms with van der Waals surface area (Å²) in [5.74, 6) is -1.73. The second-order valence-corrected chi connectivity index (χ2v) is 4.82. The molecule has 0 fully saturated rings. The van der Waals surface area contributed by atoms with Gasteiger partial charge in [-0.1, -0.05) is 48.2 Å². The third-order valence-electron chi connectivity index (χ3n) is 2.09. The minimum Gasteiger partial charge on any atom is -0.480 e. The topological polar surface area (TPSA) is 83.5 Å². The van der Waals surface area contributed by atoms with E-state index >= 15 is 0 Å². The van der Waals surface area contributed by atoms with E-state index < -0.39 is 17.9 Å². The van der Waals surface area contributed by atoms with Gasteiger partial charge in [-0.2, -0.15) is 0 Å². The van der Waals surface area contributed by atoms with Gasteiger partial charge in [0, 0.05) is 11.8 Å². The predicted molar refractivity (Wildman–Crippen MR) is 84.9 cm³/mol. The van der Waals surface area contributed by atoms with E-state index in [4.69, 9.17) is 5.11 Å². The number of carbonyl (C=O) groups is 3. The van der Waals surface area contributed by atoms with Crippen LogP contribution in [0.3, 0.4) is 0 Å². The molecule has 0 aliphatic heterocycles. The molecule has 0 aliphatic rings. The van der Waals surface area contributed by atoms with E-state index in [0.29, 0.717) is 0 Å². The van der Waals surface area contributed by atoms with Crippen molar-refractivity contribution >= 4 is 28.8 Å². The smallest absolute Gasteiger partial charge is 0.327 e. The summed E-state index contributed by atoms with van der Waals surface area (Å²) in [6.45, 7) is 3.62. The number of carboxylic acid groups (broad SMARTS) is 1. The monoisotopic (exact) mass is 309 g/mol. The Morgan fingerprint density at radius 1 is 1.05 bits per heavy atom. The van der Waals surface area contributed by atoms with Gasteiger partial charge < -0.3 is 10.4 Å². The van der Waals surface area contributed by atoms with Crippen molar-refractivity contribution in [2.24, 2.45) is 0 Å². The number of carboxylic acids is 1. The first-order valence-electron chi connectivity index (χ1n) is 6.30. The first-order chi connectivity index (χ1) is 10.0. The fourth-order valence-corrected chi connectivity index (χ4v) is 1.84. The fourth-order valence-electron chi connectivity index (χ4n) is 1.11. The maximum atomic E-state index is 11.5. The van der Waals surface area contributed by atoms with E-state index in [2.05, 4.69) is 5.32 Å². The van der Waals surface area contributed by atoms with Crippen molar-refractivity contribution in [3.63, 3.8) is 0 Å². The van der Waals surface area contributed by atoms with Crippen molar-refractivity contribution in [2.45, 2.75) is 19.9 Å². The number of aliphatic carboxylic acids is 1. The largest absolute Gasteiger partial charge is 0.480 e. The molecule has 0 rings (SSSR count). The lowest BCUT2D eigenvalue weighted by molar-refractivity contribution is -0.140. The lowest BCUT2D eigenvalue weighted by Gasteiger charge is -2.11. The Bertz CT molecular complexity index is 478. The summed E-state index contributed by atoms with van der Waals surface area (Å²) in [4.78, 5) is 34.0. The van der Waals surface area contributed by atoms with Crippen LogP contribution in [0.15, 0.2) is 48.6 Å². The molecule has 0 aromatic heterocycles. The lowest BCUT2D eigenvalue weighted by atomic mass is 10.3. The molecule has 0 spiro atoms. The zero-order valence-electron chi connectivity index (χ0n) is 12.0. The summed E-state index contributed by atoms with van der Waals surface area (Å²) < 4.78 is 0. The molecule has 0 unspecified atom stereocenters. The molecule has 21 heavy (non-hydrogen) atoms. The predicted octanol–water partition coefficient (Wildman–Crippen LogP) is 2.08. The maximum absolute atomic E-state index is 11.5. The normalized spacial score (nSPS) is 13.4. The van der Waals surface area contributed by atoms with Crippen LogP contribution in [-0.2, 0) is 14.4 Å². The van der Waals surface area contributed by atoms with Crippen molar-refractivity contribution in [3.05, 3.63) is 48.6 Å². The van der Waals surface area contributed by atoms with E-state index in [1.807, 2.05) is 6.92 Å². The standard InChI is InChI=1S/C15H19NO4S/c1-3-5-7-9-13(17)16-12(15(19)20)11-21-14(18)10-8-6-4-2/h3-10,12H,11H2,1-2H3,(H,16,17)(H,19,20)/b5-3+,6-4+,9-7-,10-8-/t12-/m0/s1. The number of allylic oxidation sites excluding steroid dienone is 6. The third-order valence-corrected chi connectivity index (χ3v) is 3.01. The Balaban J connectivity index is 4.41. The first kappa shape index (κ1) is 18.9. The van der Waals surface area contributed by atoms with Gasteiger partial charge in [-0.15, -0.1) is 0 Å². The molecular formula is C15H19NO4S. The molecule has 0 saturated heterocycles. The second kappa shape index (κ2) is 11.7. The molecule has 0 aromatic rings. The molecular weight excluding hydrogens is 290 g/mol. The molecule has 6 heteroatoms. The maximum Gasteiger partial charge on any atom is 0.327 e. The van der Waals surface area contributed by atoms with Gasteiger partial charge in [0.05, 0.1) is 0 Å². The van der Waals surface area contributed by atoms with Crippen LogP contribution in [0.5, 0.6) is 0 Å². The van der Waals surface area contributed by atoms with Gasteiger partial charge in [0.2, 0.25) is 11.0 Å². The summed E-state index contributed by atoms with van der Waals surface area (Å²) in [7, 11) is 0. The quantitative estimate of drug-likeness (QED) is 0.530. The average molecular weight is 309 g/mol. The minimum absolute atomic E-state index is 0.0302. The Morgan fingerprint density at radius 3 is 2.14 bits per heavy atom. The number of nitrogens with one attached hydrogen (secondary N) is 1. The van der Waals surface area contributed by atoms with E-state index in [9.17, 15) is 14.4 Å². The SMILES string of the molecule is C/C=C/C=C\C(=O)N[C@@H](CSC(=O)/C=C\C=C\C)C(=O)O. The van der Waals surface area contributed by atoms with Crippen LogP contribution >= 0.6 is 11.8 Å². The van der Waals surface area contributed by atoms with Gasteiger partial charge in [0.25, 0.3) is 0 Å². The van der Waals surface area contributed by atoms with Crippen LogP contribution in [0.1, 0.15) is 13.8 Å². The highest BCUT2D eigenvalue weighted by atomic mass is 32.2. The van der Waals surface area contributed by atoms with Crippen LogP contribution in [0, 0.1) is 0 Å². The number of hydrogen-bond acceptors (Lipinski definition) is 4. The average Bonchev–Trinajstić information content (AvgIpc) is 2.43.